The molecule has 2 aliphatic rings. The largest absolute Gasteiger partial charge is 0.492 e. The first-order valence-electron chi connectivity index (χ1n) is 10.5. The van der Waals surface area contributed by atoms with Crippen LogP contribution in [0.25, 0.3) is 11.3 Å². The number of benzene rings is 1. The Morgan fingerprint density at radius 2 is 2.03 bits per heavy atom. The van der Waals surface area contributed by atoms with Gasteiger partial charge in [-0.05, 0) is 42.9 Å². The molecule has 0 radical (unpaired) electrons. The number of carbonyl (C=O) groups is 1. The monoisotopic (exact) mass is 429 g/mol. The minimum atomic E-state index is -0.245. The molecule has 1 saturated carbocycles. The van der Waals surface area contributed by atoms with Crippen LogP contribution in [-0.2, 0) is 4.74 Å². The van der Waals surface area contributed by atoms with Crippen molar-refractivity contribution in [1.29, 1.82) is 0 Å². The van der Waals surface area contributed by atoms with E-state index in [1.165, 1.54) is 12.5 Å². The third-order valence-electron chi connectivity index (χ3n) is 6.57. The zero-order chi connectivity index (χ0) is 21.6. The zero-order valence-electron chi connectivity index (χ0n) is 18.0. The van der Waals surface area contributed by atoms with Crippen molar-refractivity contribution in [2.24, 2.45) is 5.41 Å². The zero-order valence-corrected chi connectivity index (χ0v) is 18.7. The summed E-state index contributed by atoms with van der Waals surface area (Å²) in [5.41, 5.74) is 2.99. The highest BCUT2D eigenvalue weighted by molar-refractivity contribution is 6.32. The minimum absolute atomic E-state index is 0.0410. The van der Waals surface area contributed by atoms with E-state index in [1.807, 2.05) is 6.07 Å². The van der Waals surface area contributed by atoms with Gasteiger partial charge < -0.3 is 14.0 Å². The first kappa shape index (κ1) is 21.1. The highest BCUT2D eigenvalue weighted by Crippen LogP contribution is 2.59. The first-order valence-corrected chi connectivity index (χ1v) is 10.8. The molecule has 0 N–H and O–H groups in total. The number of halogens is 1. The Kier molecular flexibility index (Phi) is 5.54. The van der Waals surface area contributed by atoms with Crippen LogP contribution >= 0.6 is 11.6 Å². The Balaban J connectivity index is 1.86. The summed E-state index contributed by atoms with van der Waals surface area (Å²) in [6.07, 6.45) is 4.65. The van der Waals surface area contributed by atoms with Crippen molar-refractivity contribution in [2.45, 2.75) is 52.0 Å². The molecular formula is C24H28ClNO4. The Morgan fingerprint density at radius 1 is 1.27 bits per heavy atom. The molecule has 6 heteroatoms. The predicted octanol–water partition coefficient (Wildman–Crippen LogP) is 5.24. The Hall–Kier alpha value is -2.11. The van der Waals surface area contributed by atoms with E-state index in [-0.39, 0.29) is 34.2 Å². The minimum Gasteiger partial charge on any atom is -0.492 e. The average molecular weight is 430 g/mol. The van der Waals surface area contributed by atoms with Crippen molar-refractivity contribution < 1.29 is 14.3 Å². The second kappa shape index (κ2) is 7.86. The summed E-state index contributed by atoms with van der Waals surface area (Å²) in [4.78, 5) is 24.7. The second-order valence-electron chi connectivity index (χ2n) is 9.04. The van der Waals surface area contributed by atoms with Crippen molar-refractivity contribution in [3.63, 3.8) is 0 Å². The number of rotatable bonds is 6. The molecular weight excluding hydrogens is 402 g/mol. The van der Waals surface area contributed by atoms with Crippen LogP contribution in [0.4, 0.5) is 0 Å². The van der Waals surface area contributed by atoms with Gasteiger partial charge in [0.1, 0.15) is 5.75 Å². The van der Waals surface area contributed by atoms with E-state index in [1.54, 1.807) is 19.4 Å². The number of fused-ring (bicyclic) bond motifs is 6. The molecule has 1 aliphatic carbocycles. The van der Waals surface area contributed by atoms with Gasteiger partial charge in [-0.25, -0.2) is 0 Å². The molecule has 2 atom stereocenters. The first-order chi connectivity index (χ1) is 14.2. The standard InChI is InChI=1S/C24H28ClNO4/c1-14(27)18-13-26-20(12-21(18)28)17-10-19(25)22(30-9-5-8-29-4)11-16(17)15-6-7-24(2,3)23(15)26/h10-13,15,23H,5-9H2,1-4H3/t15-,23+/m0/s1. The molecule has 30 heavy (non-hydrogen) atoms. The van der Waals surface area contributed by atoms with Crippen LogP contribution in [0.2, 0.25) is 5.02 Å². The van der Waals surface area contributed by atoms with Crippen molar-refractivity contribution in [2.75, 3.05) is 20.3 Å². The molecule has 0 unspecified atom stereocenters. The number of hydrogen-bond acceptors (Lipinski definition) is 4. The molecule has 2 aromatic rings. The highest BCUT2D eigenvalue weighted by Gasteiger charge is 2.47. The lowest BCUT2D eigenvalue weighted by Gasteiger charge is -2.40. The van der Waals surface area contributed by atoms with E-state index in [0.717, 1.165) is 30.5 Å². The number of carbonyl (C=O) groups excluding carboxylic acids is 1. The lowest BCUT2D eigenvalue weighted by atomic mass is 9.77. The number of pyridine rings is 1. The number of Topliss-reactive ketones (excluding diaryl/α,β-unsaturated/α-hetero) is 1. The van der Waals surface area contributed by atoms with Crippen LogP contribution in [-0.4, -0.2) is 30.7 Å². The molecule has 0 amide bonds. The molecule has 160 valence electrons. The van der Waals surface area contributed by atoms with Crippen molar-refractivity contribution in [3.8, 4) is 17.0 Å². The number of aromatic nitrogens is 1. The Morgan fingerprint density at radius 3 is 2.73 bits per heavy atom. The molecule has 0 bridgehead atoms. The molecule has 5 nitrogen and oxygen atoms in total. The number of ether oxygens (including phenoxy) is 2. The van der Waals surface area contributed by atoms with E-state index < -0.39 is 0 Å². The van der Waals surface area contributed by atoms with Gasteiger partial charge in [0.25, 0.3) is 0 Å². The SMILES string of the molecule is COCCCOc1cc2c(cc1Cl)-c1cc(=O)c(C(C)=O)cn1[C@@H]1[C@H]2CCC1(C)C. The van der Waals surface area contributed by atoms with Crippen molar-refractivity contribution in [3.05, 3.63) is 50.8 Å². The quantitative estimate of drug-likeness (QED) is 0.465. The van der Waals surface area contributed by atoms with Gasteiger partial charge in [0.15, 0.2) is 11.2 Å². The number of ketones is 1. The summed E-state index contributed by atoms with van der Waals surface area (Å²) >= 11 is 6.56. The topological polar surface area (TPSA) is 57.5 Å². The van der Waals surface area contributed by atoms with Gasteiger partial charge >= 0.3 is 0 Å². The molecule has 1 aromatic heterocycles. The van der Waals surface area contributed by atoms with E-state index in [2.05, 4.69) is 24.5 Å². The van der Waals surface area contributed by atoms with Crippen LogP contribution in [0.15, 0.2) is 29.2 Å². The van der Waals surface area contributed by atoms with Gasteiger partial charge in [0, 0.05) is 49.9 Å². The number of nitrogens with zero attached hydrogens (tertiary/aromatic N) is 1. The van der Waals surface area contributed by atoms with Gasteiger partial charge in [-0.1, -0.05) is 25.4 Å². The second-order valence-corrected chi connectivity index (χ2v) is 9.45. The average Bonchev–Trinajstić information content (AvgIpc) is 3.01. The van der Waals surface area contributed by atoms with Gasteiger partial charge in [-0.15, -0.1) is 0 Å². The normalized spacial score (nSPS) is 21.0. The summed E-state index contributed by atoms with van der Waals surface area (Å²) in [6, 6.07) is 5.72. The summed E-state index contributed by atoms with van der Waals surface area (Å²) in [5, 5.41) is 0.525. The van der Waals surface area contributed by atoms with Crippen molar-refractivity contribution >= 4 is 17.4 Å². The summed E-state index contributed by atoms with van der Waals surface area (Å²) in [7, 11) is 1.67. The third kappa shape index (κ3) is 3.48. The fourth-order valence-electron chi connectivity index (χ4n) is 5.13. The molecule has 0 spiro atoms. The van der Waals surface area contributed by atoms with Crippen LogP contribution in [0.3, 0.4) is 0 Å². The molecule has 4 rings (SSSR count). The number of hydrogen-bond donors (Lipinski definition) is 0. The summed E-state index contributed by atoms with van der Waals surface area (Å²) < 4.78 is 13.2. The van der Waals surface area contributed by atoms with Crippen molar-refractivity contribution in [1.82, 2.24) is 4.57 Å². The van der Waals surface area contributed by atoms with E-state index >= 15 is 0 Å². The van der Waals surface area contributed by atoms with Crippen LogP contribution in [0, 0.1) is 5.41 Å². The highest BCUT2D eigenvalue weighted by atomic mass is 35.5. The summed E-state index contributed by atoms with van der Waals surface area (Å²) in [6.45, 7) is 7.13. The van der Waals surface area contributed by atoms with E-state index in [4.69, 9.17) is 21.1 Å². The van der Waals surface area contributed by atoms with Crippen LogP contribution < -0.4 is 10.2 Å². The molecule has 2 heterocycles. The lowest BCUT2D eigenvalue weighted by Crippen LogP contribution is -2.32. The Labute approximate surface area is 182 Å². The third-order valence-corrected chi connectivity index (χ3v) is 6.87. The van der Waals surface area contributed by atoms with E-state index in [9.17, 15) is 9.59 Å². The lowest BCUT2D eigenvalue weighted by molar-refractivity contribution is 0.101. The maximum absolute atomic E-state index is 12.6. The van der Waals surface area contributed by atoms with Crippen LogP contribution in [0.1, 0.15) is 67.9 Å². The Bertz CT molecular complexity index is 1060. The van der Waals surface area contributed by atoms with Gasteiger partial charge in [-0.2, -0.15) is 0 Å². The fourth-order valence-corrected chi connectivity index (χ4v) is 5.35. The molecule has 1 fully saturated rings. The fraction of sp³-hybridized carbons (Fsp3) is 0.500. The van der Waals surface area contributed by atoms with E-state index in [0.29, 0.717) is 24.0 Å². The maximum atomic E-state index is 12.6. The van der Waals surface area contributed by atoms with Gasteiger partial charge in [-0.3, -0.25) is 9.59 Å². The molecule has 1 aromatic carbocycles. The molecule has 0 saturated heterocycles. The predicted molar refractivity (Wildman–Crippen MR) is 118 cm³/mol. The summed E-state index contributed by atoms with van der Waals surface area (Å²) in [5.74, 6) is 0.751. The van der Waals surface area contributed by atoms with Crippen LogP contribution in [0.5, 0.6) is 5.75 Å². The maximum Gasteiger partial charge on any atom is 0.192 e. The van der Waals surface area contributed by atoms with Gasteiger partial charge in [0.05, 0.1) is 22.9 Å². The smallest absolute Gasteiger partial charge is 0.192 e. The van der Waals surface area contributed by atoms with Gasteiger partial charge in [0.2, 0.25) is 0 Å². The molecule has 1 aliphatic heterocycles. The number of methoxy groups -OCH3 is 1.